The number of nitrogens with zero attached hydrogens (tertiary/aromatic N) is 1. The number of rotatable bonds is 1. The van der Waals surface area contributed by atoms with Gasteiger partial charge in [0.1, 0.15) is 5.82 Å². The summed E-state index contributed by atoms with van der Waals surface area (Å²) in [5.74, 6) is 0.0538. The number of nitrogen functional groups attached to an aromatic ring is 1. The minimum absolute atomic E-state index is 0. The fourth-order valence-corrected chi connectivity index (χ4v) is 0.756. The van der Waals surface area contributed by atoms with Gasteiger partial charge in [0.25, 0.3) is 0 Å². The minimum Gasteiger partial charge on any atom is -0.384 e. The van der Waals surface area contributed by atoms with Gasteiger partial charge in [-0.2, -0.15) is 13.2 Å². The van der Waals surface area contributed by atoms with Crippen LogP contribution in [0.3, 0.4) is 0 Å². The Balaban J connectivity index is 0.00000169. The normalized spacial score (nSPS) is 13.1. The molecule has 1 aromatic rings. The summed E-state index contributed by atoms with van der Waals surface area (Å²) in [4.78, 5) is 3.35. The van der Waals surface area contributed by atoms with Crippen LogP contribution in [0.4, 0.5) is 23.4 Å². The first-order valence-corrected chi connectivity index (χ1v) is 3.33. The number of anilines is 1. The van der Waals surface area contributed by atoms with Crippen molar-refractivity contribution in [2.45, 2.75) is 12.3 Å². The number of alkyl halides is 4. The Bertz CT molecular complexity index is 285. The van der Waals surface area contributed by atoms with Gasteiger partial charge >= 0.3 is 6.18 Å². The molecule has 0 saturated heterocycles. The predicted octanol–water partition coefficient (Wildman–Crippen LogP) is 2.66. The molecule has 0 saturated carbocycles. The maximum Gasteiger partial charge on any atom is 0.423 e. The van der Waals surface area contributed by atoms with Crippen molar-refractivity contribution < 1.29 is 17.6 Å². The summed E-state index contributed by atoms with van der Waals surface area (Å²) < 4.78 is 48.0. The van der Waals surface area contributed by atoms with E-state index in [9.17, 15) is 17.6 Å². The third kappa shape index (κ3) is 3.02. The molecule has 0 radical (unpaired) electrons. The maximum absolute atomic E-state index is 12.6. The molecule has 80 valence electrons. The Hall–Kier alpha value is -1.04. The van der Waals surface area contributed by atoms with Crippen molar-refractivity contribution in [1.29, 1.82) is 0 Å². The Morgan fingerprint density at radius 2 is 1.86 bits per heavy atom. The van der Waals surface area contributed by atoms with Gasteiger partial charge in [-0.15, -0.1) is 12.4 Å². The minimum atomic E-state index is -4.89. The molecule has 14 heavy (non-hydrogen) atoms. The van der Waals surface area contributed by atoms with Crippen LogP contribution >= 0.6 is 12.4 Å². The molecule has 0 spiro atoms. The zero-order chi connectivity index (χ0) is 10.1. The monoisotopic (exact) mass is 230 g/mol. The van der Waals surface area contributed by atoms with Crippen LogP contribution < -0.4 is 5.73 Å². The number of aromatic nitrogens is 1. The van der Waals surface area contributed by atoms with E-state index in [1.165, 1.54) is 0 Å². The van der Waals surface area contributed by atoms with Gasteiger partial charge in [0.15, 0.2) is 0 Å². The van der Waals surface area contributed by atoms with Gasteiger partial charge in [-0.3, -0.25) is 0 Å². The topological polar surface area (TPSA) is 38.9 Å². The molecule has 2 nitrogen and oxygen atoms in total. The SMILES string of the molecule is Cl.Nc1ccc(C(F)C(F)(F)F)cn1. The molecule has 1 heterocycles. The molecular formula is C7H7ClF4N2. The molecule has 0 aromatic carbocycles. The fourth-order valence-electron chi connectivity index (χ4n) is 0.756. The van der Waals surface area contributed by atoms with Gasteiger partial charge in [-0.25, -0.2) is 9.37 Å². The quantitative estimate of drug-likeness (QED) is 0.754. The summed E-state index contributed by atoms with van der Waals surface area (Å²) in [5.41, 5.74) is 4.58. The highest BCUT2D eigenvalue weighted by Crippen LogP contribution is 2.35. The van der Waals surface area contributed by atoms with E-state index in [0.29, 0.717) is 0 Å². The van der Waals surface area contributed by atoms with Crippen molar-refractivity contribution in [2.24, 2.45) is 0 Å². The first kappa shape index (κ1) is 13.0. The standard InChI is InChI=1S/C7H6F4N2.ClH/c8-6(7(9,10)11)4-1-2-5(12)13-3-4;/h1-3,6H,(H2,12,13);1H. The van der Waals surface area contributed by atoms with Gasteiger partial charge in [-0.1, -0.05) is 6.07 Å². The highest BCUT2D eigenvalue weighted by Gasteiger charge is 2.41. The Morgan fingerprint density at radius 1 is 1.29 bits per heavy atom. The second kappa shape index (κ2) is 4.45. The molecular weight excluding hydrogens is 224 g/mol. The Kier molecular flexibility index (Phi) is 4.12. The summed E-state index contributed by atoms with van der Waals surface area (Å²) in [5, 5.41) is 0. The lowest BCUT2D eigenvalue weighted by atomic mass is 10.2. The first-order chi connectivity index (χ1) is 5.91. The van der Waals surface area contributed by atoms with E-state index >= 15 is 0 Å². The molecule has 0 bridgehead atoms. The zero-order valence-corrected chi connectivity index (χ0v) is 7.57. The molecule has 0 aliphatic carbocycles. The van der Waals surface area contributed by atoms with Crippen LogP contribution in [0.1, 0.15) is 11.7 Å². The number of hydrogen-bond acceptors (Lipinski definition) is 2. The molecule has 0 amide bonds. The van der Waals surface area contributed by atoms with Crippen molar-refractivity contribution in [1.82, 2.24) is 4.98 Å². The van der Waals surface area contributed by atoms with E-state index in [1.54, 1.807) is 0 Å². The molecule has 1 aromatic heterocycles. The van der Waals surface area contributed by atoms with Gasteiger partial charge in [0, 0.05) is 11.8 Å². The Morgan fingerprint density at radius 3 is 2.21 bits per heavy atom. The van der Waals surface area contributed by atoms with Crippen LogP contribution in [-0.2, 0) is 0 Å². The van der Waals surface area contributed by atoms with Gasteiger partial charge in [-0.05, 0) is 6.07 Å². The summed E-state index contributed by atoms with van der Waals surface area (Å²) in [6.07, 6.45) is -7.12. The molecule has 1 rings (SSSR count). The summed E-state index contributed by atoms with van der Waals surface area (Å²) in [6.45, 7) is 0. The number of pyridine rings is 1. The lowest BCUT2D eigenvalue weighted by molar-refractivity contribution is -0.182. The highest BCUT2D eigenvalue weighted by atomic mass is 35.5. The van der Waals surface area contributed by atoms with Crippen LogP contribution in [0.2, 0.25) is 0 Å². The summed E-state index contributed by atoms with van der Waals surface area (Å²) in [7, 11) is 0. The average molecular weight is 231 g/mol. The second-order valence-corrected chi connectivity index (χ2v) is 2.42. The smallest absolute Gasteiger partial charge is 0.384 e. The van der Waals surface area contributed by atoms with Gasteiger partial charge < -0.3 is 5.73 Å². The second-order valence-electron chi connectivity index (χ2n) is 2.42. The van der Waals surface area contributed by atoms with Gasteiger partial charge in [0.05, 0.1) is 0 Å². The van der Waals surface area contributed by atoms with E-state index in [-0.39, 0.29) is 18.2 Å². The highest BCUT2D eigenvalue weighted by molar-refractivity contribution is 5.85. The number of nitrogens with two attached hydrogens (primary N) is 1. The number of halogens is 5. The molecule has 0 fully saturated rings. The predicted molar refractivity (Wildman–Crippen MR) is 45.8 cm³/mol. The van der Waals surface area contributed by atoms with Crippen molar-refractivity contribution in [2.75, 3.05) is 5.73 Å². The lowest BCUT2D eigenvalue weighted by Gasteiger charge is -2.11. The molecule has 0 aliphatic rings. The van der Waals surface area contributed by atoms with Crippen LogP contribution in [0.5, 0.6) is 0 Å². The first-order valence-electron chi connectivity index (χ1n) is 3.33. The van der Waals surface area contributed by atoms with Crippen molar-refractivity contribution in [3.05, 3.63) is 23.9 Å². The molecule has 1 atom stereocenters. The van der Waals surface area contributed by atoms with Crippen molar-refractivity contribution in [3.8, 4) is 0 Å². The van der Waals surface area contributed by atoms with E-state index in [1.807, 2.05) is 0 Å². The largest absolute Gasteiger partial charge is 0.423 e. The van der Waals surface area contributed by atoms with E-state index in [4.69, 9.17) is 5.73 Å². The van der Waals surface area contributed by atoms with Crippen LogP contribution in [-0.4, -0.2) is 11.2 Å². The Labute approximate surface area is 83.5 Å². The van der Waals surface area contributed by atoms with Crippen LogP contribution in [0.25, 0.3) is 0 Å². The third-order valence-corrected chi connectivity index (χ3v) is 1.39. The van der Waals surface area contributed by atoms with Crippen molar-refractivity contribution >= 4 is 18.2 Å². The molecule has 1 unspecified atom stereocenters. The molecule has 0 aliphatic heterocycles. The average Bonchev–Trinajstić information content (AvgIpc) is 2.03. The number of hydrogen-bond donors (Lipinski definition) is 1. The lowest BCUT2D eigenvalue weighted by Crippen LogP contribution is -2.16. The fraction of sp³-hybridized carbons (Fsp3) is 0.286. The van der Waals surface area contributed by atoms with Crippen LogP contribution in [0.15, 0.2) is 18.3 Å². The van der Waals surface area contributed by atoms with E-state index < -0.39 is 17.9 Å². The van der Waals surface area contributed by atoms with Gasteiger partial charge in [0.2, 0.25) is 6.17 Å². The maximum atomic E-state index is 12.6. The summed E-state index contributed by atoms with van der Waals surface area (Å²) >= 11 is 0. The third-order valence-electron chi connectivity index (χ3n) is 1.39. The van der Waals surface area contributed by atoms with E-state index in [0.717, 1.165) is 18.3 Å². The summed E-state index contributed by atoms with van der Waals surface area (Å²) in [6, 6.07) is 2.08. The van der Waals surface area contributed by atoms with Crippen LogP contribution in [0, 0.1) is 0 Å². The van der Waals surface area contributed by atoms with E-state index in [2.05, 4.69) is 4.98 Å². The molecule has 2 N–H and O–H groups in total. The van der Waals surface area contributed by atoms with Crippen molar-refractivity contribution in [3.63, 3.8) is 0 Å². The zero-order valence-electron chi connectivity index (χ0n) is 6.75. The molecule has 7 heteroatoms.